The summed E-state index contributed by atoms with van der Waals surface area (Å²) in [6, 6.07) is 0. The molecule has 148 valence electrons. The first kappa shape index (κ1) is 22.6. The predicted molar refractivity (Wildman–Crippen MR) is 106 cm³/mol. The Morgan fingerprint density at radius 2 is 1.88 bits per heavy atom. The minimum Gasteiger partial charge on any atom is -0.393 e. The molecule has 5 nitrogen and oxygen atoms in total. The number of aliphatic hydroxyl groups excluding tert-OH is 1. The van der Waals surface area contributed by atoms with Crippen molar-refractivity contribution in [1.29, 1.82) is 0 Å². The lowest BCUT2D eigenvalue weighted by Crippen LogP contribution is -2.28. The lowest BCUT2D eigenvalue weighted by molar-refractivity contribution is -0.143. The van der Waals surface area contributed by atoms with E-state index in [-0.39, 0.29) is 24.3 Å². The number of amides is 2. The molecule has 0 aromatic heterocycles. The largest absolute Gasteiger partial charge is 0.393 e. The highest BCUT2D eigenvalue weighted by atomic mass is 16.3. The van der Waals surface area contributed by atoms with Gasteiger partial charge in [-0.3, -0.25) is 9.59 Å². The van der Waals surface area contributed by atoms with Crippen LogP contribution in [0.5, 0.6) is 0 Å². The summed E-state index contributed by atoms with van der Waals surface area (Å²) in [6.07, 6.45) is 16.2. The van der Waals surface area contributed by atoms with Gasteiger partial charge in [-0.1, -0.05) is 57.6 Å². The van der Waals surface area contributed by atoms with Crippen LogP contribution in [0.25, 0.3) is 0 Å². The molecule has 1 unspecified atom stereocenters. The highest BCUT2D eigenvalue weighted by molar-refractivity contribution is 6.10. The molecule has 1 rings (SSSR count). The molecule has 5 heteroatoms. The lowest BCUT2D eigenvalue weighted by atomic mass is 10.1. The molecule has 0 radical (unpaired) electrons. The zero-order valence-corrected chi connectivity index (χ0v) is 16.6. The monoisotopic (exact) mass is 364 g/mol. The van der Waals surface area contributed by atoms with Crippen LogP contribution < -0.4 is 0 Å². The summed E-state index contributed by atoms with van der Waals surface area (Å²) in [5, 5.41) is 14.9. The van der Waals surface area contributed by atoms with E-state index in [0.717, 1.165) is 56.4 Å². The number of hydrogen-bond donors (Lipinski definition) is 1. The molecule has 2 amide bonds. The van der Waals surface area contributed by atoms with Crippen molar-refractivity contribution >= 4 is 17.5 Å². The van der Waals surface area contributed by atoms with Gasteiger partial charge in [0.05, 0.1) is 12.5 Å². The molecular formula is C21H36N2O3. The lowest BCUT2D eigenvalue weighted by Gasteiger charge is -2.09. The average Bonchev–Trinajstić information content (AvgIpc) is 2.95. The molecule has 0 saturated heterocycles. The van der Waals surface area contributed by atoms with Crippen molar-refractivity contribution < 1.29 is 14.7 Å². The van der Waals surface area contributed by atoms with E-state index in [4.69, 9.17) is 0 Å². The Morgan fingerprint density at radius 1 is 1.15 bits per heavy atom. The minimum absolute atomic E-state index is 0.181. The fraction of sp³-hybridized carbons (Fsp3) is 0.762. The Morgan fingerprint density at radius 3 is 2.58 bits per heavy atom. The van der Waals surface area contributed by atoms with E-state index in [2.05, 4.69) is 24.2 Å². The number of carbonyl (C=O) groups is 2. The fourth-order valence-corrected chi connectivity index (χ4v) is 3.04. The van der Waals surface area contributed by atoms with Crippen LogP contribution in [-0.2, 0) is 9.59 Å². The van der Waals surface area contributed by atoms with Gasteiger partial charge in [0.2, 0.25) is 5.91 Å². The van der Waals surface area contributed by atoms with E-state index in [0.29, 0.717) is 12.1 Å². The second-order valence-electron chi connectivity index (χ2n) is 7.27. The predicted octanol–water partition coefficient (Wildman–Crippen LogP) is 4.74. The molecule has 1 aliphatic rings. The van der Waals surface area contributed by atoms with Gasteiger partial charge >= 0.3 is 0 Å². The molecule has 0 bridgehead atoms. The third-order valence-corrected chi connectivity index (χ3v) is 4.63. The normalized spacial score (nSPS) is 15.7. The zero-order valence-electron chi connectivity index (χ0n) is 16.6. The standard InChI is InChI=1S/C21H36N2O3/c1-3-4-5-11-14-19(24)15-12-9-7-6-8-10-13-16-20(25)23-21(26)17-18(2)22-23/h9,12,19,24H,3-8,10-11,13-17H2,1-2H3/b12-9-. The first-order valence-electron chi connectivity index (χ1n) is 10.3. The van der Waals surface area contributed by atoms with Crippen molar-refractivity contribution in [2.24, 2.45) is 5.10 Å². The minimum atomic E-state index is -0.204. The maximum Gasteiger partial charge on any atom is 0.255 e. The van der Waals surface area contributed by atoms with Crippen LogP contribution in [-0.4, -0.2) is 33.7 Å². The molecule has 0 fully saturated rings. The first-order chi connectivity index (χ1) is 12.5. The molecule has 0 spiro atoms. The summed E-state index contributed by atoms with van der Waals surface area (Å²) in [7, 11) is 0. The zero-order chi connectivity index (χ0) is 19.2. The number of allylic oxidation sites excluding steroid dienone is 1. The van der Waals surface area contributed by atoms with Crippen molar-refractivity contribution in [2.75, 3.05) is 0 Å². The van der Waals surface area contributed by atoms with Gasteiger partial charge in [-0.25, -0.2) is 0 Å². The van der Waals surface area contributed by atoms with Gasteiger partial charge in [0, 0.05) is 12.1 Å². The average molecular weight is 365 g/mol. The van der Waals surface area contributed by atoms with Gasteiger partial charge < -0.3 is 5.11 Å². The smallest absolute Gasteiger partial charge is 0.255 e. The highest BCUT2D eigenvalue weighted by Crippen LogP contribution is 2.13. The third kappa shape index (κ3) is 9.85. The topological polar surface area (TPSA) is 70.0 Å². The molecule has 0 saturated carbocycles. The Bertz CT molecular complexity index is 486. The molecule has 1 aliphatic heterocycles. The molecule has 1 atom stereocenters. The summed E-state index contributed by atoms with van der Waals surface area (Å²) < 4.78 is 0. The van der Waals surface area contributed by atoms with Gasteiger partial charge in [0.1, 0.15) is 0 Å². The first-order valence-corrected chi connectivity index (χ1v) is 10.3. The summed E-state index contributed by atoms with van der Waals surface area (Å²) in [6.45, 7) is 3.96. The van der Waals surface area contributed by atoms with E-state index in [1.807, 2.05) is 0 Å². The SMILES string of the molecule is CCCCCCC(O)C/C=C\CCCCCCC(=O)N1N=C(C)CC1=O. The quantitative estimate of drug-likeness (QED) is 0.357. The Labute approximate surface area is 158 Å². The van der Waals surface area contributed by atoms with Gasteiger partial charge in [-0.05, 0) is 39.0 Å². The van der Waals surface area contributed by atoms with Crippen molar-refractivity contribution in [1.82, 2.24) is 5.01 Å². The Hall–Kier alpha value is -1.49. The number of hydrazone groups is 1. The molecule has 0 aliphatic carbocycles. The second kappa shape index (κ2) is 13.7. The van der Waals surface area contributed by atoms with E-state index < -0.39 is 0 Å². The van der Waals surface area contributed by atoms with E-state index >= 15 is 0 Å². The van der Waals surface area contributed by atoms with Crippen LogP contribution in [0.4, 0.5) is 0 Å². The number of carbonyl (C=O) groups excluding carboxylic acids is 2. The summed E-state index contributed by atoms with van der Waals surface area (Å²) in [4.78, 5) is 23.5. The van der Waals surface area contributed by atoms with Crippen LogP contribution in [0.15, 0.2) is 17.3 Å². The molecule has 1 N–H and O–H groups in total. The summed E-state index contributed by atoms with van der Waals surface area (Å²) in [5.74, 6) is -0.384. The van der Waals surface area contributed by atoms with E-state index in [1.54, 1.807) is 6.92 Å². The number of aliphatic hydroxyl groups is 1. The number of hydrogen-bond acceptors (Lipinski definition) is 4. The second-order valence-corrected chi connectivity index (χ2v) is 7.27. The Kier molecular flexibility index (Phi) is 11.9. The van der Waals surface area contributed by atoms with Crippen molar-refractivity contribution in [3.63, 3.8) is 0 Å². The van der Waals surface area contributed by atoms with Gasteiger partial charge in [0.25, 0.3) is 5.91 Å². The number of nitrogens with zero attached hydrogens (tertiary/aromatic N) is 2. The number of rotatable bonds is 14. The highest BCUT2D eigenvalue weighted by Gasteiger charge is 2.26. The third-order valence-electron chi connectivity index (χ3n) is 4.63. The van der Waals surface area contributed by atoms with Crippen LogP contribution in [0.1, 0.15) is 97.3 Å². The molecule has 1 heterocycles. The van der Waals surface area contributed by atoms with Crippen LogP contribution in [0, 0.1) is 0 Å². The number of imide groups is 1. The molecular weight excluding hydrogens is 328 g/mol. The fourth-order valence-electron chi connectivity index (χ4n) is 3.04. The number of unbranched alkanes of at least 4 members (excludes halogenated alkanes) is 7. The van der Waals surface area contributed by atoms with Gasteiger partial charge in [-0.15, -0.1) is 0 Å². The van der Waals surface area contributed by atoms with Gasteiger partial charge in [0.15, 0.2) is 0 Å². The summed E-state index contributed by atoms with van der Waals surface area (Å²) >= 11 is 0. The molecule has 26 heavy (non-hydrogen) atoms. The van der Waals surface area contributed by atoms with Crippen molar-refractivity contribution in [3.8, 4) is 0 Å². The van der Waals surface area contributed by atoms with Crippen LogP contribution >= 0.6 is 0 Å². The summed E-state index contributed by atoms with van der Waals surface area (Å²) in [5.41, 5.74) is 0.709. The van der Waals surface area contributed by atoms with Crippen LogP contribution in [0.3, 0.4) is 0 Å². The van der Waals surface area contributed by atoms with Crippen LogP contribution in [0.2, 0.25) is 0 Å². The van der Waals surface area contributed by atoms with Crippen molar-refractivity contribution in [3.05, 3.63) is 12.2 Å². The maximum atomic E-state index is 11.9. The van der Waals surface area contributed by atoms with E-state index in [1.165, 1.54) is 19.3 Å². The molecule has 0 aromatic rings. The Balaban J connectivity index is 1.96. The maximum absolute atomic E-state index is 11.9. The van der Waals surface area contributed by atoms with Crippen molar-refractivity contribution in [2.45, 2.75) is 103 Å². The van der Waals surface area contributed by atoms with Gasteiger partial charge in [-0.2, -0.15) is 10.1 Å². The van der Waals surface area contributed by atoms with E-state index in [9.17, 15) is 14.7 Å². The molecule has 0 aromatic carbocycles.